The molecule has 3 aliphatic heterocycles. The van der Waals surface area contributed by atoms with Crippen LogP contribution in [0, 0.1) is 17.3 Å². The van der Waals surface area contributed by atoms with Gasteiger partial charge in [0.15, 0.2) is 5.78 Å². The first-order chi connectivity index (χ1) is 13.3. The van der Waals surface area contributed by atoms with Crippen LogP contribution in [0.3, 0.4) is 0 Å². The number of halogens is 1. The lowest BCUT2D eigenvalue weighted by Gasteiger charge is -2.40. The van der Waals surface area contributed by atoms with E-state index >= 15 is 0 Å². The summed E-state index contributed by atoms with van der Waals surface area (Å²) in [5, 5.41) is 0. The molecule has 1 aromatic carbocycles. The first-order valence-corrected chi connectivity index (χ1v) is 10.8. The van der Waals surface area contributed by atoms with Crippen molar-refractivity contribution in [2.45, 2.75) is 59.2 Å². The Hall–Kier alpha value is -1.95. The molecule has 29 heavy (non-hydrogen) atoms. The summed E-state index contributed by atoms with van der Waals surface area (Å²) in [6, 6.07) is 4.95. The highest BCUT2D eigenvalue weighted by molar-refractivity contribution is 9.10. The number of fused-ring (bicyclic) bond motifs is 5. The van der Waals surface area contributed by atoms with Gasteiger partial charge in [0.25, 0.3) is 0 Å². The number of benzene rings is 1. The van der Waals surface area contributed by atoms with Crippen molar-refractivity contribution >= 4 is 45.3 Å². The van der Waals surface area contributed by atoms with E-state index in [0.29, 0.717) is 0 Å². The van der Waals surface area contributed by atoms with E-state index in [1.54, 1.807) is 0 Å². The second-order valence-electron chi connectivity index (χ2n) is 10.3. The second-order valence-corrected chi connectivity index (χ2v) is 11.2. The molecule has 0 N–H and O–H groups in total. The highest BCUT2D eigenvalue weighted by Gasteiger charge is 2.65. The van der Waals surface area contributed by atoms with Crippen LogP contribution < -0.4 is 4.90 Å². The number of rotatable bonds is 1. The van der Waals surface area contributed by atoms with Gasteiger partial charge in [-0.15, -0.1) is 0 Å². The highest BCUT2D eigenvalue weighted by atomic mass is 79.9. The summed E-state index contributed by atoms with van der Waals surface area (Å²) in [6.45, 7) is 11.2. The minimum absolute atomic E-state index is 0.00363. The largest absolute Gasteiger partial charge is 0.353 e. The van der Waals surface area contributed by atoms with Crippen LogP contribution in [0.2, 0.25) is 0 Å². The van der Waals surface area contributed by atoms with Crippen molar-refractivity contribution in [2.24, 2.45) is 17.3 Å². The third kappa shape index (κ3) is 2.90. The van der Waals surface area contributed by atoms with E-state index in [1.807, 2.05) is 76.8 Å². The van der Waals surface area contributed by atoms with Gasteiger partial charge in [0.1, 0.15) is 6.04 Å². The summed E-state index contributed by atoms with van der Waals surface area (Å²) in [4.78, 5) is 43.9. The quantitative estimate of drug-likeness (QED) is 0.595. The summed E-state index contributed by atoms with van der Waals surface area (Å²) < 4.78 is 0.948. The fourth-order valence-electron chi connectivity index (χ4n) is 4.95. The van der Waals surface area contributed by atoms with Crippen LogP contribution in [-0.4, -0.2) is 40.1 Å². The third-order valence-corrected chi connectivity index (χ3v) is 6.64. The van der Waals surface area contributed by atoms with E-state index in [2.05, 4.69) is 15.9 Å². The Morgan fingerprint density at radius 1 is 1.00 bits per heavy atom. The number of amides is 2. The van der Waals surface area contributed by atoms with Gasteiger partial charge >= 0.3 is 0 Å². The SMILES string of the molecule is CC(C)(C)C(=O)[C@H]1[C@@H]2C(=O)N(C(C)(C)C)C(=O)[C@@H]2[C@H]2C=Cc3cc(Br)ccc3N21. The molecule has 0 saturated carbocycles. The molecule has 0 radical (unpaired) electrons. The minimum Gasteiger partial charge on any atom is -0.353 e. The van der Waals surface area contributed by atoms with Crippen LogP contribution >= 0.6 is 15.9 Å². The lowest BCUT2D eigenvalue weighted by atomic mass is 9.79. The number of Topliss-reactive ketones (excluding diaryl/α,β-unsaturated/α-hetero) is 1. The van der Waals surface area contributed by atoms with Crippen molar-refractivity contribution in [2.75, 3.05) is 4.90 Å². The van der Waals surface area contributed by atoms with Gasteiger partial charge in [-0.25, -0.2) is 0 Å². The zero-order chi connectivity index (χ0) is 21.5. The van der Waals surface area contributed by atoms with Crippen molar-refractivity contribution in [1.82, 2.24) is 4.90 Å². The molecule has 0 unspecified atom stereocenters. The Morgan fingerprint density at radius 3 is 2.21 bits per heavy atom. The van der Waals surface area contributed by atoms with Gasteiger partial charge in [-0.2, -0.15) is 0 Å². The van der Waals surface area contributed by atoms with Crippen LogP contribution in [0.4, 0.5) is 5.69 Å². The molecule has 6 heteroatoms. The summed E-state index contributed by atoms with van der Waals surface area (Å²) in [5.74, 6) is -1.59. The van der Waals surface area contributed by atoms with Crippen molar-refractivity contribution in [3.8, 4) is 0 Å². The van der Waals surface area contributed by atoms with E-state index in [-0.39, 0.29) is 23.6 Å². The maximum atomic E-state index is 13.6. The average Bonchev–Trinajstić information content (AvgIpc) is 3.06. The molecule has 2 saturated heterocycles. The molecule has 5 nitrogen and oxygen atoms in total. The molecule has 0 aliphatic carbocycles. The van der Waals surface area contributed by atoms with E-state index in [9.17, 15) is 14.4 Å². The van der Waals surface area contributed by atoms with Gasteiger partial charge in [0.05, 0.1) is 17.9 Å². The summed E-state index contributed by atoms with van der Waals surface area (Å²) >= 11 is 3.50. The monoisotopic (exact) mass is 458 g/mol. The third-order valence-electron chi connectivity index (χ3n) is 6.15. The molecule has 4 atom stereocenters. The van der Waals surface area contributed by atoms with Crippen molar-refractivity contribution < 1.29 is 14.4 Å². The molecule has 3 aliphatic rings. The Labute approximate surface area is 180 Å². The first kappa shape index (κ1) is 20.3. The number of hydrogen-bond acceptors (Lipinski definition) is 4. The van der Waals surface area contributed by atoms with Gasteiger partial charge in [-0.3, -0.25) is 19.3 Å². The molecular weight excluding hydrogens is 432 g/mol. The number of imide groups is 1. The normalized spacial score (nSPS) is 28.5. The number of carbonyl (C=O) groups is 3. The van der Waals surface area contributed by atoms with E-state index < -0.39 is 28.8 Å². The molecule has 0 bridgehead atoms. The van der Waals surface area contributed by atoms with Gasteiger partial charge in [-0.1, -0.05) is 48.9 Å². The molecule has 2 amide bonds. The predicted octanol–water partition coefficient (Wildman–Crippen LogP) is 4.05. The standard InChI is InChI=1S/C23H27BrN2O3/c1-22(2,3)19(27)18-17-16(20(28)26(21(17)29)23(4,5)6)15-9-7-12-11-13(24)8-10-14(12)25(15)18/h7-11,15-18H,1-6H3/t15-,16-,17-,18-/m1/s1. The van der Waals surface area contributed by atoms with Crippen molar-refractivity contribution in [1.29, 1.82) is 0 Å². The molecule has 0 aromatic heterocycles. The van der Waals surface area contributed by atoms with Crippen LogP contribution in [0.15, 0.2) is 28.7 Å². The molecular formula is C23H27BrN2O3. The number of ketones is 1. The summed E-state index contributed by atoms with van der Waals surface area (Å²) in [5.41, 5.74) is 0.648. The van der Waals surface area contributed by atoms with Gasteiger partial charge in [0.2, 0.25) is 11.8 Å². The number of anilines is 1. The maximum Gasteiger partial charge on any atom is 0.236 e. The Morgan fingerprint density at radius 2 is 1.62 bits per heavy atom. The van der Waals surface area contributed by atoms with Crippen LogP contribution in [0.5, 0.6) is 0 Å². The smallest absolute Gasteiger partial charge is 0.236 e. The van der Waals surface area contributed by atoms with E-state index in [4.69, 9.17) is 0 Å². The number of carbonyl (C=O) groups excluding carboxylic acids is 3. The fourth-order valence-corrected chi connectivity index (χ4v) is 5.33. The van der Waals surface area contributed by atoms with Gasteiger partial charge in [-0.05, 0) is 44.5 Å². The minimum atomic E-state index is -0.655. The van der Waals surface area contributed by atoms with E-state index in [1.165, 1.54) is 4.90 Å². The number of nitrogens with zero attached hydrogens (tertiary/aromatic N) is 2. The molecule has 154 valence electrons. The average molecular weight is 459 g/mol. The molecule has 3 heterocycles. The Bertz CT molecular complexity index is 954. The fraction of sp³-hybridized carbons (Fsp3) is 0.522. The van der Waals surface area contributed by atoms with Crippen molar-refractivity contribution in [3.05, 3.63) is 34.3 Å². The van der Waals surface area contributed by atoms with Gasteiger partial charge in [0, 0.05) is 21.1 Å². The zero-order valence-corrected chi connectivity index (χ0v) is 19.3. The maximum absolute atomic E-state index is 13.6. The molecule has 4 rings (SSSR count). The van der Waals surface area contributed by atoms with Crippen molar-refractivity contribution in [3.63, 3.8) is 0 Å². The second kappa shape index (κ2) is 6.27. The first-order valence-electron chi connectivity index (χ1n) is 10.0. The zero-order valence-electron chi connectivity index (χ0n) is 17.7. The Balaban J connectivity index is 1.90. The molecule has 0 spiro atoms. The van der Waals surface area contributed by atoms with Crippen LogP contribution in [0.25, 0.3) is 6.08 Å². The molecule has 1 aromatic rings. The lowest BCUT2D eigenvalue weighted by Crippen LogP contribution is -2.54. The number of likely N-dealkylation sites (tertiary alicyclic amines) is 1. The topological polar surface area (TPSA) is 57.7 Å². The van der Waals surface area contributed by atoms with Crippen LogP contribution in [0.1, 0.15) is 47.1 Å². The van der Waals surface area contributed by atoms with E-state index in [0.717, 1.165) is 15.7 Å². The summed E-state index contributed by atoms with van der Waals surface area (Å²) in [7, 11) is 0. The lowest BCUT2D eigenvalue weighted by molar-refractivity contribution is -0.146. The number of hydrogen-bond donors (Lipinski definition) is 0. The van der Waals surface area contributed by atoms with Crippen LogP contribution in [-0.2, 0) is 14.4 Å². The Kier molecular flexibility index (Phi) is 4.40. The highest BCUT2D eigenvalue weighted by Crippen LogP contribution is 2.51. The summed E-state index contributed by atoms with van der Waals surface area (Å²) in [6.07, 6.45) is 3.99. The predicted molar refractivity (Wildman–Crippen MR) is 116 cm³/mol. The molecule has 2 fully saturated rings. The van der Waals surface area contributed by atoms with Gasteiger partial charge < -0.3 is 4.90 Å².